The van der Waals surface area contributed by atoms with Crippen LogP contribution in [-0.4, -0.2) is 41.8 Å². The topological polar surface area (TPSA) is 95.6 Å². The lowest BCUT2D eigenvalue weighted by Gasteiger charge is -2.17. The molecular weight excluding hydrogens is 454 g/mol. The lowest BCUT2D eigenvalue weighted by Crippen LogP contribution is -2.22. The summed E-state index contributed by atoms with van der Waals surface area (Å²) in [6, 6.07) is 8.98. The van der Waals surface area contributed by atoms with Crippen molar-refractivity contribution in [2.75, 3.05) is 30.7 Å². The number of sulfonamides is 2. The van der Waals surface area contributed by atoms with Crippen molar-refractivity contribution < 1.29 is 16.8 Å². The van der Waals surface area contributed by atoms with E-state index < -0.39 is 20.0 Å². The van der Waals surface area contributed by atoms with Crippen molar-refractivity contribution in [2.45, 2.75) is 23.6 Å². The number of halogens is 1. The summed E-state index contributed by atoms with van der Waals surface area (Å²) in [7, 11) is -4.76. The number of hydrogen-bond acceptors (Lipinski definition) is 5. The van der Waals surface area contributed by atoms with Crippen molar-refractivity contribution in [1.82, 2.24) is 4.31 Å². The molecule has 0 saturated heterocycles. The third kappa shape index (κ3) is 4.81. The fraction of sp³-hybridized carbons (Fsp3) is 0.294. The Balaban J connectivity index is 2.53. The number of rotatable bonds is 7. The molecule has 0 atom stereocenters. The highest BCUT2D eigenvalue weighted by Gasteiger charge is 2.22. The van der Waals surface area contributed by atoms with Gasteiger partial charge in [0.1, 0.15) is 0 Å². The Labute approximate surface area is 169 Å². The lowest BCUT2D eigenvalue weighted by molar-refractivity contribution is 0.521. The Hall–Kier alpha value is -1.62. The smallest absolute Gasteiger partial charge is 0.261 e. The first-order valence-electron chi connectivity index (χ1n) is 8.08. The van der Waals surface area contributed by atoms with E-state index in [1.165, 1.54) is 32.3 Å². The van der Waals surface area contributed by atoms with Gasteiger partial charge in [-0.05, 0) is 55.8 Å². The fourth-order valence-corrected chi connectivity index (χ4v) is 4.64. The van der Waals surface area contributed by atoms with Crippen molar-refractivity contribution >= 4 is 47.4 Å². The quantitative estimate of drug-likeness (QED) is 0.640. The third-order valence-corrected chi connectivity index (χ3v) is 7.88. The van der Waals surface area contributed by atoms with E-state index in [-0.39, 0.29) is 15.5 Å². The molecule has 0 saturated carbocycles. The van der Waals surface area contributed by atoms with Crippen LogP contribution in [0.15, 0.2) is 50.7 Å². The fourth-order valence-electron chi connectivity index (χ4n) is 2.31. The van der Waals surface area contributed by atoms with Gasteiger partial charge < -0.3 is 5.32 Å². The number of nitrogens with zero attached hydrogens (tertiary/aromatic N) is 1. The number of aryl methyl sites for hydroxylation is 1. The molecule has 0 spiro atoms. The summed E-state index contributed by atoms with van der Waals surface area (Å²) in [4.78, 5) is 0.0883. The Morgan fingerprint density at radius 3 is 2.15 bits per heavy atom. The van der Waals surface area contributed by atoms with Crippen LogP contribution in [0.4, 0.5) is 11.4 Å². The van der Waals surface area contributed by atoms with E-state index in [9.17, 15) is 16.8 Å². The van der Waals surface area contributed by atoms with Crippen LogP contribution in [0, 0.1) is 6.92 Å². The molecule has 0 unspecified atom stereocenters. The molecule has 0 aromatic heterocycles. The first-order valence-corrected chi connectivity index (χ1v) is 11.8. The standard InChI is InChI=1S/C17H22BrN3O4S2/c1-5-19-16-9-7-14(27(24,25)21(3)4)11-17(16)20-26(22,23)13-6-8-15(18)12(2)10-13/h6-11,19-20H,5H2,1-4H3. The van der Waals surface area contributed by atoms with Crippen LogP contribution in [0.2, 0.25) is 0 Å². The van der Waals surface area contributed by atoms with Gasteiger partial charge in [0.2, 0.25) is 10.0 Å². The van der Waals surface area contributed by atoms with Gasteiger partial charge in [-0.25, -0.2) is 21.1 Å². The van der Waals surface area contributed by atoms with Gasteiger partial charge in [-0.15, -0.1) is 0 Å². The summed E-state index contributed by atoms with van der Waals surface area (Å²) < 4.78 is 54.8. The summed E-state index contributed by atoms with van der Waals surface area (Å²) >= 11 is 3.34. The molecule has 2 N–H and O–H groups in total. The van der Waals surface area contributed by atoms with Gasteiger partial charge in [0, 0.05) is 25.1 Å². The molecule has 10 heteroatoms. The van der Waals surface area contributed by atoms with Gasteiger partial charge in [-0.3, -0.25) is 4.72 Å². The Kier molecular flexibility index (Phi) is 6.56. The van der Waals surface area contributed by atoms with Gasteiger partial charge in [-0.1, -0.05) is 15.9 Å². The first-order chi connectivity index (χ1) is 12.5. The number of nitrogens with one attached hydrogen (secondary N) is 2. The van der Waals surface area contributed by atoms with Gasteiger partial charge in [0.05, 0.1) is 21.2 Å². The van der Waals surface area contributed by atoms with Crippen LogP contribution in [0.3, 0.4) is 0 Å². The molecule has 0 fully saturated rings. The maximum absolute atomic E-state index is 12.8. The van der Waals surface area contributed by atoms with E-state index in [0.717, 1.165) is 14.3 Å². The number of anilines is 2. The molecule has 0 bridgehead atoms. The summed E-state index contributed by atoms with van der Waals surface area (Å²) in [6.45, 7) is 4.20. The number of hydrogen-bond donors (Lipinski definition) is 2. The molecule has 0 heterocycles. The highest BCUT2D eigenvalue weighted by molar-refractivity contribution is 9.10. The van der Waals surface area contributed by atoms with Crippen LogP contribution < -0.4 is 10.0 Å². The second-order valence-corrected chi connectivity index (χ2v) is 10.7. The minimum atomic E-state index is -3.90. The molecule has 27 heavy (non-hydrogen) atoms. The second-order valence-electron chi connectivity index (χ2n) is 6.04. The highest BCUT2D eigenvalue weighted by Crippen LogP contribution is 2.29. The van der Waals surface area contributed by atoms with Crippen LogP contribution in [0.25, 0.3) is 0 Å². The predicted molar refractivity (Wildman–Crippen MR) is 111 cm³/mol. The Morgan fingerprint density at radius 1 is 0.963 bits per heavy atom. The van der Waals surface area contributed by atoms with Gasteiger partial charge in [0.15, 0.2) is 0 Å². The molecule has 0 amide bonds. The van der Waals surface area contributed by atoms with Gasteiger partial charge in [-0.2, -0.15) is 0 Å². The van der Waals surface area contributed by atoms with Crippen LogP contribution in [-0.2, 0) is 20.0 Å². The van der Waals surface area contributed by atoms with Gasteiger partial charge in [0.25, 0.3) is 10.0 Å². The van der Waals surface area contributed by atoms with Crippen LogP contribution in [0.5, 0.6) is 0 Å². The minimum Gasteiger partial charge on any atom is -0.384 e. The molecule has 0 radical (unpaired) electrons. The zero-order valence-electron chi connectivity index (χ0n) is 15.4. The molecule has 2 rings (SSSR count). The normalized spacial score (nSPS) is 12.2. The SMILES string of the molecule is CCNc1ccc(S(=O)(=O)N(C)C)cc1NS(=O)(=O)c1ccc(Br)c(C)c1. The van der Waals surface area contributed by atoms with Crippen LogP contribution in [0.1, 0.15) is 12.5 Å². The molecular formula is C17H22BrN3O4S2. The summed E-state index contributed by atoms with van der Waals surface area (Å²) in [5.41, 5.74) is 1.43. The number of benzene rings is 2. The van der Waals surface area contributed by atoms with E-state index in [2.05, 4.69) is 26.0 Å². The molecule has 0 aliphatic rings. The van der Waals surface area contributed by atoms with E-state index >= 15 is 0 Å². The summed E-state index contributed by atoms with van der Waals surface area (Å²) in [6.07, 6.45) is 0. The largest absolute Gasteiger partial charge is 0.384 e. The second kappa shape index (κ2) is 8.17. The van der Waals surface area contributed by atoms with Crippen molar-refractivity contribution in [1.29, 1.82) is 0 Å². The van der Waals surface area contributed by atoms with Crippen molar-refractivity contribution in [3.8, 4) is 0 Å². The van der Waals surface area contributed by atoms with Crippen molar-refractivity contribution in [2.24, 2.45) is 0 Å². The average molecular weight is 476 g/mol. The minimum absolute atomic E-state index is 0.00107. The monoisotopic (exact) mass is 475 g/mol. The molecule has 0 aliphatic heterocycles. The molecule has 0 aliphatic carbocycles. The zero-order chi connectivity index (χ0) is 20.4. The molecule has 7 nitrogen and oxygen atoms in total. The summed E-state index contributed by atoms with van der Waals surface area (Å²) in [5, 5.41) is 3.04. The van der Waals surface area contributed by atoms with Gasteiger partial charge >= 0.3 is 0 Å². The van der Waals surface area contributed by atoms with E-state index in [1.807, 2.05) is 6.92 Å². The zero-order valence-corrected chi connectivity index (χ0v) is 18.7. The van der Waals surface area contributed by atoms with E-state index in [4.69, 9.17) is 0 Å². The molecule has 148 valence electrons. The average Bonchev–Trinajstić information content (AvgIpc) is 2.58. The Morgan fingerprint density at radius 2 is 1.59 bits per heavy atom. The van der Waals surface area contributed by atoms with E-state index in [0.29, 0.717) is 12.2 Å². The lowest BCUT2D eigenvalue weighted by atomic mass is 10.2. The maximum atomic E-state index is 12.8. The highest BCUT2D eigenvalue weighted by atomic mass is 79.9. The maximum Gasteiger partial charge on any atom is 0.261 e. The third-order valence-electron chi connectivity index (χ3n) is 3.82. The first kappa shape index (κ1) is 21.7. The predicted octanol–water partition coefficient (Wildman–Crippen LogP) is 3.24. The molecule has 2 aromatic carbocycles. The summed E-state index contributed by atoms with van der Waals surface area (Å²) in [5.74, 6) is 0. The van der Waals surface area contributed by atoms with Crippen LogP contribution >= 0.6 is 15.9 Å². The Bertz CT molecular complexity index is 1050. The van der Waals surface area contributed by atoms with E-state index in [1.54, 1.807) is 25.1 Å². The van der Waals surface area contributed by atoms with Crippen molar-refractivity contribution in [3.63, 3.8) is 0 Å². The molecule has 2 aromatic rings. The van der Waals surface area contributed by atoms with Crippen molar-refractivity contribution in [3.05, 3.63) is 46.4 Å².